The quantitative estimate of drug-likeness (QED) is 0.289. The van der Waals surface area contributed by atoms with E-state index in [9.17, 15) is 8.60 Å². The first-order valence-electron chi connectivity index (χ1n) is 12.8. The fraction of sp³-hybridized carbons (Fsp3) is 0.321. The van der Waals surface area contributed by atoms with Crippen molar-refractivity contribution in [3.05, 3.63) is 66.5 Å². The lowest BCUT2D eigenvalue weighted by Crippen LogP contribution is -2.44. The van der Waals surface area contributed by atoms with Gasteiger partial charge in [0, 0.05) is 48.7 Å². The number of aryl methyl sites for hydroxylation is 1. The standard InChI is InChI=1S/C28H29FN6O2S/c1-17-13-25(35-38(36)20-8-9-20)21-5-2-3-6-22(21)26(17)37-27-23(7-4-11-31-27)24-10-12-32-28(34-24)33-19-14-18(29)15-30-16-19/h2-7,10-13,18-20,30,35H,8-9,14-16H2,1H3,(H,32,33,34). The van der Waals surface area contributed by atoms with E-state index in [0.29, 0.717) is 48.3 Å². The van der Waals surface area contributed by atoms with Crippen molar-refractivity contribution in [1.29, 1.82) is 0 Å². The minimum Gasteiger partial charge on any atom is -0.437 e. The number of fused-ring (bicyclic) bond motifs is 1. The molecule has 1 aliphatic carbocycles. The first-order chi connectivity index (χ1) is 18.5. The van der Waals surface area contributed by atoms with Crippen LogP contribution in [0.2, 0.25) is 0 Å². The van der Waals surface area contributed by atoms with Crippen molar-refractivity contribution in [2.75, 3.05) is 23.1 Å². The number of alkyl halides is 1. The average molecular weight is 533 g/mol. The highest BCUT2D eigenvalue weighted by atomic mass is 32.2. The van der Waals surface area contributed by atoms with Gasteiger partial charge in [0.05, 0.1) is 22.2 Å². The molecule has 0 spiro atoms. The molecule has 1 saturated heterocycles. The van der Waals surface area contributed by atoms with Crippen molar-refractivity contribution in [2.45, 2.75) is 43.6 Å². The maximum absolute atomic E-state index is 13.8. The molecule has 1 saturated carbocycles. The number of aromatic nitrogens is 3. The molecule has 2 aromatic heterocycles. The van der Waals surface area contributed by atoms with Gasteiger partial charge in [-0.2, -0.15) is 0 Å². The van der Waals surface area contributed by atoms with Crippen LogP contribution in [0.15, 0.2) is 60.9 Å². The summed E-state index contributed by atoms with van der Waals surface area (Å²) in [6, 6.07) is 15.3. The first-order valence-corrected chi connectivity index (χ1v) is 14.0. The third-order valence-electron chi connectivity index (χ3n) is 6.75. The van der Waals surface area contributed by atoms with Crippen LogP contribution in [0.5, 0.6) is 11.6 Å². The maximum atomic E-state index is 13.8. The van der Waals surface area contributed by atoms with Crippen LogP contribution in [-0.4, -0.2) is 49.7 Å². The third kappa shape index (κ3) is 5.32. The monoisotopic (exact) mass is 532 g/mol. The molecule has 3 atom stereocenters. The first kappa shape index (κ1) is 24.7. The lowest BCUT2D eigenvalue weighted by Gasteiger charge is -2.26. The van der Waals surface area contributed by atoms with Crippen molar-refractivity contribution in [3.63, 3.8) is 0 Å². The summed E-state index contributed by atoms with van der Waals surface area (Å²) in [4.78, 5) is 13.5. The Hall–Kier alpha value is -3.63. The van der Waals surface area contributed by atoms with Crippen LogP contribution in [0.1, 0.15) is 24.8 Å². The summed E-state index contributed by atoms with van der Waals surface area (Å²) in [7, 11) is -1.10. The van der Waals surface area contributed by atoms with E-state index in [2.05, 4.69) is 30.3 Å². The average Bonchev–Trinajstić information content (AvgIpc) is 3.77. The largest absolute Gasteiger partial charge is 0.437 e. The topological polar surface area (TPSA) is 101 Å². The third-order valence-corrected chi connectivity index (χ3v) is 8.25. The molecule has 8 nitrogen and oxygen atoms in total. The van der Waals surface area contributed by atoms with Crippen molar-refractivity contribution in [1.82, 2.24) is 20.3 Å². The van der Waals surface area contributed by atoms with E-state index in [1.807, 2.05) is 49.4 Å². The molecule has 1 aliphatic heterocycles. The smallest absolute Gasteiger partial charge is 0.228 e. The highest BCUT2D eigenvalue weighted by Crippen LogP contribution is 2.40. The molecule has 3 heterocycles. The van der Waals surface area contributed by atoms with Crippen molar-refractivity contribution < 1.29 is 13.3 Å². The van der Waals surface area contributed by atoms with E-state index in [0.717, 1.165) is 34.9 Å². The zero-order valence-corrected chi connectivity index (χ0v) is 21.8. The number of anilines is 2. The van der Waals surface area contributed by atoms with Crippen molar-refractivity contribution in [3.8, 4) is 22.9 Å². The van der Waals surface area contributed by atoms with Crippen LogP contribution in [0, 0.1) is 6.92 Å². The summed E-state index contributed by atoms with van der Waals surface area (Å²) in [6.45, 7) is 3.00. The molecule has 2 fully saturated rings. The fourth-order valence-electron chi connectivity index (χ4n) is 4.71. The van der Waals surface area contributed by atoms with Crippen LogP contribution in [0.25, 0.3) is 22.0 Å². The Morgan fingerprint density at radius 1 is 1.05 bits per heavy atom. The minimum atomic E-state index is -1.10. The summed E-state index contributed by atoms with van der Waals surface area (Å²) < 4.78 is 36.1. The number of benzene rings is 2. The molecule has 0 radical (unpaired) electrons. The Morgan fingerprint density at radius 3 is 2.71 bits per heavy atom. The Bertz CT molecular complexity index is 1500. The summed E-state index contributed by atoms with van der Waals surface area (Å²) in [5, 5.41) is 8.38. The molecule has 10 heteroatoms. The summed E-state index contributed by atoms with van der Waals surface area (Å²) in [5.74, 6) is 1.52. The van der Waals surface area contributed by atoms with Gasteiger partial charge in [0.15, 0.2) is 0 Å². The van der Waals surface area contributed by atoms with E-state index < -0.39 is 17.2 Å². The number of nitrogens with one attached hydrogen (secondary N) is 3. The van der Waals surface area contributed by atoms with Crippen molar-refractivity contribution >= 4 is 33.4 Å². The van der Waals surface area contributed by atoms with Crippen LogP contribution in [0.4, 0.5) is 16.0 Å². The van der Waals surface area contributed by atoms with E-state index in [-0.39, 0.29) is 11.3 Å². The highest BCUT2D eigenvalue weighted by Gasteiger charge is 2.29. The van der Waals surface area contributed by atoms with Crippen LogP contribution in [-0.2, 0) is 11.0 Å². The lowest BCUT2D eigenvalue weighted by atomic mass is 10.0. The Balaban J connectivity index is 1.31. The summed E-state index contributed by atoms with van der Waals surface area (Å²) in [6.07, 6.45) is 4.86. The number of nitrogens with zero attached hydrogens (tertiary/aromatic N) is 3. The van der Waals surface area contributed by atoms with Gasteiger partial charge in [0.2, 0.25) is 11.8 Å². The van der Waals surface area contributed by atoms with Gasteiger partial charge in [0.1, 0.15) is 22.9 Å². The summed E-state index contributed by atoms with van der Waals surface area (Å²) in [5.41, 5.74) is 3.08. The highest BCUT2D eigenvalue weighted by molar-refractivity contribution is 7.87. The molecule has 4 aromatic rings. The minimum absolute atomic E-state index is 0.0889. The van der Waals surface area contributed by atoms with Crippen LogP contribution >= 0.6 is 0 Å². The number of hydrogen-bond acceptors (Lipinski definition) is 7. The van der Waals surface area contributed by atoms with E-state index in [1.54, 1.807) is 18.5 Å². The Labute approximate surface area is 223 Å². The fourth-order valence-corrected chi connectivity index (χ4v) is 5.82. The van der Waals surface area contributed by atoms with Gasteiger partial charge in [-0.25, -0.2) is 23.6 Å². The number of rotatable bonds is 8. The van der Waals surface area contributed by atoms with E-state index in [1.165, 1.54) is 0 Å². The molecule has 3 unspecified atom stereocenters. The van der Waals surface area contributed by atoms with E-state index in [4.69, 9.17) is 4.74 Å². The van der Waals surface area contributed by atoms with Gasteiger partial charge in [-0.15, -0.1) is 0 Å². The van der Waals surface area contributed by atoms with Crippen LogP contribution in [0.3, 0.4) is 0 Å². The molecule has 2 aliphatic rings. The van der Waals surface area contributed by atoms with Gasteiger partial charge in [-0.3, -0.25) is 0 Å². The summed E-state index contributed by atoms with van der Waals surface area (Å²) >= 11 is 0. The van der Waals surface area contributed by atoms with Crippen LogP contribution < -0.4 is 20.1 Å². The van der Waals surface area contributed by atoms with Gasteiger partial charge in [-0.1, -0.05) is 24.3 Å². The number of piperidine rings is 1. The maximum Gasteiger partial charge on any atom is 0.228 e. The molecule has 2 aromatic carbocycles. The zero-order valence-electron chi connectivity index (χ0n) is 21.0. The van der Waals surface area contributed by atoms with Gasteiger partial charge >= 0.3 is 0 Å². The molecule has 38 heavy (non-hydrogen) atoms. The second kappa shape index (κ2) is 10.6. The SMILES string of the molecule is Cc1cc(NS(=O)C2CC2)c2ccccc2c1Oc1ncccc1-c1ccnc(NC2CNCC(F)C2)n1. The predicted octanol–water partition coefficient (Wildman–Crippen LogP) is 5.14. The molecule has 0 amide bonds. The number of hydrogen-bond donors (Lipinski definition) is 3. The van der Waals surface area contributed by atoms with Crippen molar-refractivity contribution in [2.24, 2.45) is 0 Å². The van der Waals surface area contributed by atoms with Gasteiger partial charge in [-0.05, 0) is 49.6 Å². The number of pyridine rings is 1. The Kier molecular flexibility index (Phi) is 6.90. The lowest BCUT2D eigenvalue weighted by molar-refractivity contribution is 0.254. The van der Waals surface area contributed by atoms with E-state index >= 15 is 0 Å². The molecule has 0 bridgehead atoms. The second-order valence-corrected chi connectivity index (χ2v) is 11.2. The number of ether oxygens (including phenoxy) is 1. The molecular formula is C28H29FN6O2S. The van der Waals surface area contributed by atoms with Gasteiger partial charge < -0.3 is 20.1 Å². The normalized spacial score (nSPS) is 20.2. The molecule has 6 rings (SSSR count). The molecular weight excluding hydrogens is 503 g/mol. The number of halogens is 1. The second-order valence-electron chi connectivity index (χ2n) is 9.77. The zero-order chi connectivity index (χ0) is 26.1. The predicted molar refractivity (Wildman–Crippen MR) is 149 cm³/mol. The molecule has 196 valence electrons. The Morgan fingerprint density at radius 2 is 1.89 bits per heavy atom. The molecule has 3 N–H and O–H groups in total. The van der Waals surface area contributed by atoms with Gasteiger partial charge in [0.25, 0.3) is 0 Å².